The second-order valence-corrected chi connectivity index (χ2v) is 4.74. The molecule has 1 heterocycles. The lowest BCUT2D eigenvalue weighted by atomic mass is 10.2. The van der Waals surface area contributed by atoms with Gasteiger partial charge in [0.15, 0.2) is 0 Å². The first-order valence-electron chi connectivity index (χ1n) is 5.13. The summed E-state index contributed by atoms with van der Waals surface area (Å²) in [5.74, 6) is 0. The van der Waals surface area contributed by atoms with Crippen molar-refractivity contribution in [3.05, 3.63) is 16.1 Å². The van der Waals surface area contributed by atoms with E-state index < -0.39 is 12.8 Å². The second-order valence-electron chi connectivity index (χ2n) is 3.68. The number of thiazole rings is 1. The molecule has 1 aromatic rings. The van der Waals surface area contributed by atoms with Gasteiger partial charge in [0.25, 0.3) is 0 Å². The standard InChI is InChI=1S/C10H15F3N2OS/c1-7-15-9(5-17-7)3-8(14-2)4-16-6-10(11,12)13/h5,8,14H,3-4,6H2,1-2H3. The molecule has 0 aromatic carbocycles. The highest BCUT2D eigenvalue weighted by Crippen LogP contribution is 2.15. The van der Waals surface area contributed by atoms with Gasteiger partial charge in [-0.2, -0.15) is 13.2 Å². The molecule has 3 nitrogen and oxygen atoms in total. The highest BCUT2D eigenvalue weighted by Gasteiger charge is 2.27. The van der Waals surface area contributed by atoms with Crippen molar-refractivity contribution < 1.29 is 17.9 Å². The fourth-order valence-electron chi connectivity index (χ4n) is 1.32. The average Bonchev–Trinajstić information content (AvgIpc) is 2.60. The molecule has 1 N–H and O–H groups in total. The van der Waals surface area contributed by atoms with Crippen molar-refractivity contribution >= 4 is 11.3 Å². The van der Waals surface area contributed by atoms with Gasteiger partial charge >= 0.3 is 6.18 Å². The summed E-state index contributed by atoms with van der Waals surface area (Å²) in [6.45, 7) is 0.705. The van der Waals surface area contributed by atoms with Crippen LogP contribution in [-0.4, -0.2) is 37.5 Å². The minimum atomic E-state index is -4.27. The van der Waals surface area contributed by atoms with Crippen molar-refractivity contribution in [1.82, 2.24) is 10.3 Å². The second kappa shape index (κ2) is 6.32. The molecule has 1 aromatic heterocycles. The van der Waals surface area contributed by atoms with Crippen molar-refractivity contribution in [2.24, 2.45) is 0 Å². The number of likely N-dealkylation sites (N-methyl/N-ethyl adjacent to an activating group) is 1. The minimum absolute atomic E-state index is 0.0204. The maximum atomic E-state index is 11.9. The average molecular weight is 268 g/mol. The van der Waals surface area contributed by atoms with Crippen molar-refractivity contribution in [3.63, 3.8) is 0 Å². The van der Waals surface area contributed by atoms with Gasteiger partial charge in [-0.1, -0.05) is 0 Å². The van der Waals surface area contributed by atoms with Crippen molar-refractivity contribution in [3.8, 4) is 0 Å². The molecule has 0 aliphatic rings. The third kappa shape index (κ3) is 5.99. The van der Waals surface area contributed by atoms with Gasteiger partial charge in [-0.3, -0.25) is 0 Å². The highest BCUT2D eigenvalue weighted by molar-refractivity contribution is 7.09. The maximum absolute atomic E-state index is 11.9. The zero-order valence-electron chi connectivity index (χ0n) is 9.67. The van der Waals surface area contributed by atoms with Crippen molar-refractivity contribution in [2.75, 3.05) is 20.3 Å². The lowest BCUT2D eigenvalue weighted by Crippen LogP contribution is -2.34. The summed E-state index contributed by atoms with van der Waals surface area (Å²) in [4.78, 5) is 4.26. The van der Waals surface area contributed by atoms with E-state index in [1.165, 1.54) is 11.3 Å². The summed E-state index contributed by atoms with van der Waals surface area (Å²) in [5.41, 5.74) is 0.877. The Morgan fingerprint density at radius 1 is 1.53 bits per heavy atom. The number of rotatable bonds is 6. The smallest absolute Gasteiger partial charge is 0.370 e. The normalized spacial score (nSPS) is 13.9. The molecule has 1 unspecified atom stereocenters. The minimum Gasteiger partial charge on any atom is -0.370 e. The Bertz CT molecular complexity index is 341. The molecule has 0 spiro atoms. The fraction of sp³-hybridized carbons (Fsp3) is 0.700. The van der Waals surface area contributed by atoms with Crippen LogP contribution in [0, 0.1) is 6.92 Å². The predicted molar refractivity (Wildman–Crippen MR) is 60.3 cm³/mol. The zero-order valence-corrected chi connectivity index (χ0v) is 10.5. The fourth-order valence-corrected chi connectivity index (χ4v) is 1.94. The zero-order chi connectivity index (χ0) is 12.9. The SMILES string of the molecule is CNC(COCC(F)(F)F)Cc1csc(C)n1. The summed E-state index contributed by atoms with van der Waals surface area (Å²) in [7, 11) is 1.70. The molecule has 0 fully saturated rings. The Balaban J connectivity index is 2.34. The first-order chi connectivity index (χ1) is 7.90. The van der Waals surface area contributed by atoms with E-state index in [0.717, 1.165) is 10.7 Å². The van der Waals surface area contributed by atoms with Crippen LogP contribution >= 0.6 is 11.3 Å². The van der Waals surface area contributed by atoms with E-state index in [-0.39, 0.29) is 12.6 Å². The van der Waals surface area contributed by atoms with E-state index in [4.69, 9.17) is 0 Å². The molecule has 17 heavy (non-hydrogen) atoms. The number of nitrogens with one attached hydrogen (secondary N) is 1. The molecule has 0 bridgehead atoms. The van der Waals surface area contributed by atoms with Crippen LogP contribution in [0.5, 0.6) is 0 Å². The third-order valence-electron chi connectivity index (χ3n) is 2.12. The number of ether oxygens (including phenoxy) is 1. The van der Waals surface area contributed by atoms with Crippen LogP contribution in [0.3, 0.4) is 0 Å². The summed E-state index contributed by atoms with van der Waals surface area (Å²) < 4.78 is 40.3. The number of nitrogens with zero attached hydrogens (tertiary/aromatic N) is 1. The number of hydrogen-bond donors (Lipinski definition) is 1. The quantitative estimate of drug-likeness (QED) is 0.858. The largest absolute Gasteiger partial charge is 0.411 e. The number of halogens is 3. The first kappa shape index (κ1) is 14.4. The maximum Gasteiger partial charge on any atom is 0.411 e. The molecular weight excluding hydrogens is 253 g/mol. The van der Waals surface area contributed by atoms with Crippen LogP contribution in [-0.2, 0) is 11.2 Å². The molecule has 7 heteroatoms. The van der Waals surface area contributed by atoms with Gasteiger partial charge in [0.1, 0.15) is 6.61 Å². The first-order valence-corrected chi connectivity index (χ1v) is 6.01. The number of aryl methyl sites for hydroxylation is 1. The van der Waals surface area contributed by atoms with Crippen LogP contribution in [0.4, 0.5) is 13.2 Å². The molecule has 1 atom stereocenters. The Kier molecular flexibility index (Phi) is 5.35. The van der Waals surface area contributed by atoms with Crippen LogP contribution in [0.2, 0.25) is 0 Å². The molecule has 0 aliphatic carbocycles. The predicted octanol–water partition coefficient (Wildman–Crippen LogP) is 2.16. The number of hydrogen-bond acceptors (Lipinski definition) is 4. The van der Waals surface area contributed by atoms with E-state index in [9.17, 15) is 13.2 Å². The molecule has 1 rings (SSSR count). The van der Waals surface area contributed by atoms with Crippen LogP contribution < -0.4 is 5.32 Å². The van der Waals surface area contributed by atoms with Crippen LogP contribution in [0.15, 0.2) is 5.38 Å². The molecule has 0 aliphatic heterocycles. The van der Waals surface area contributed by atoms with Gasteiger partial charge in [-0.15, -0.1) is 11.3 Å². The van der Waals surface area contributed by atoms with Gasteiger partial charge < -0.3 is 10.1 Å². The summed E-state index contributed by atoms with van der Waals surface area (Å²) >= 11 is 1.53. The Hall–Kier alpha value is -0.660. The van der Waals surface area contributed by atoms with Gasteiger partial charge in [0.2, 0.25) is 0 Å². The highest BCUT2D eigenvalue weighted by atomic mass is 32.1. The molecule has 98 valence electrons. The lowest BCUT2D eigenvalue weighted by Gasteiger charge is -2.16. The number of aromatic nitrogens is 1. The van der Waals surface area contributed by atoms with Crippen LogP contribution in [0.25, 0.3) is 0 Å². The van der Waals surface area contributed by atoms with E-state index >= 15 is 0 Å². The van der Waals surface area contributed by atoms with Gasteiger partial charge in [0, 0.05) is 17.8 Å². The third-order valence-corrected chi connectivity index (χ3v) is 2.94. The Morgan fingerprint density at radius 3 is 2.71 bits per heavy atom. The topological polar surface area (TPSA) is 34.1 Å². The number of alkyl halides is 3. The molecule has 0 saturated heterocycles. The Labute approximate surface area is 102 Å². The van der Waals surface area contributed by atoms with Gasteiger partial charge in [0.05, 0.1) is 17.3 Å². The molecule has 0 amide bonds. The molecular formula is C10H15F3N2OS. The van der Waals surface area contributed by atoms with Crippen molar-refractivity contribution in [1.29, 1.82) is 0 Å². The van der Waals surface area contributed by atoms with E-state index in [2.05, 4.69) is 15.0 Å². The summed E-state index contributed by atoms with van der Waals surface area (Å²) in [5, 5.41) is 5.77. The molecule has 0 saturated carbocycles. The summed E-state index contributed by atoms with van der Waals surface area (Å²) in [6.07, 6.45) is -3.70. The van der Waals surface area contributed by atoms with Gasteiger partial charge in [-0.05, 0) is 14.0 Å². The van der Waals surface area contributed by atoms with Gasteiger partial charge in [-0.25, -0.2) is 4.98 Å². The Morgan fingerprint density at radius 2 is 2.24 bits per heavy atom. The van der Waals surface area contributed by atoms with Crippen molar-refractivity contribution in [2.45, 2.75) is 25.6 Å². The van der Waals surface area contributed by atoms with E-state index in [0.29, 0.717) is 6.42 Å². The lowest BCUT2D eigenvalue weighted by molar-refractivity contribution is -0.175. The summed E-state index contributed by atoms with van der Waals surface area (Å²) in [6, 6.07) is -0.154. The van der Waals surface area contributed by atoms with E-state index in [1.807, 2.05) is 12.3 Å². The van der Waals surface area contributed by atoms with Crippen LogP contribution in [0.1, 0.15) is 10.7 Å². The monoisotopic (exact) mass is 268 g/mol. The molecule has 0 radical (unpaired) electrons. The van der Waals surface area contributed by atoms with E-state index in [1.54, 1.807) is 7.05 Å².